The molecule has 1 rings (SSSR count). The summed E-state index contributed by atoms with van der Waals surface area (Å²) in [7, 11) is 0. The minimum Gasteiger partial charge on any atom is -0.394 e. The first kappa shape index (κ1) is 65.2. The molecule has 1 heterocycles. The molecule has 1 aliphatic heterocycles. The summed E-state index contributed by atoms with van der Waals surface area (Å²) in [5, 5.41) is 54.6. The number of amides is 1. The summed E-state index contributed by atoms with van der Waals surface area (Å²) in [5.41, 5.74) is 0. The van der Waals surface area contributed by atoms with Crippen LogP contribution in [-0.4, -0.2) is 87.5 Å². The summed E-state index contributed by atoms with van der Waals surface area (Å²) in [4.78, 5) is 13.1. The molecule has 1 fully saturated rings. The van der Waals surface area contributed by atoms with E-state index in [-0.39, 0.29) is 12.5 Å². The number of carbonyl (C=O) groups is 1. The number of aliphatic hydroxyl groups is 5. The number of hydrogen-bond acceptors (Lipinski definition) is 8. The van der Waals surface area contributed by atoms with Crippen molar-refractivity contribution in [1.29, 1.82) is 0 Å². The van der Waals surface area contributed by atoms with Gasteiger partial charge in [0.15, 0.2) is 6.29 Å². The Kier molecular flexibility index (Phi) is 47.0. The quantitative estimate of drug-likeness (QED) is 0.0261. The van der Waals surface area contributed by atoms with Gasteiger partial charge in [-0.2, -0.15) is 0 Å². The second-order valence-corrected chi connectivity index (χ2v) is 20.4. The van der Waals surface area contributed by atoms with Gasteiger partial charge in [-0.25, -0.2) is 0 Å². The van der Waals surface area contributed by atoms with E-state index in [1.54, 1.807) is 0 Å². The van der Waals surface area contributed by atoms with Crippen molar-refractivity contribution in [3.8, 4) is 0 Å². The number of rotatable bonds is 50. The lowest BCUT2D eigenvalue weighted by molar-refractivity contribution is -0.302. The van der Waals surface area contributed by atoms with Gasteiger partial charge in [0.25, 0.3) is 0 Å². The van der Waals surface area contributed by atoms with E-state index in [0.29, 0.717) is 12.8 Å². The van der Waals surface area contributed by atoms with Crippen molar-refractivity contribution in [1.82, 2.24) is 5.32 Å². The van der Waals surface area contributed by atoms with E-state index in [0.717, 1.165) is 64.2 Å². The van der Waals surface area contributed by atoms with Crippen LogP contribution in [0.5, 0.6) is 0 Å². The third kappa shape index (κ3) is 39.4. The van der Waals surface area contributed by atoms with Gasteiger partial charge in [0.1, 0.15) is 24.4 Å². The van der Waals surface area contributed by atoms with Crippen LogP contribution in [-0.2, 0) is 14.3 Å². The number of carbonyl (C=O) groups excluding carboxylic acids is 1. The standard InChI is InChI=1S/C60H111NO8/c1-3-5-7-9-11-13-15-17-18-19-20-21-22-23-24-25-26-27-28-29-30-31-32-33-34-35-36-38-40-42-44-46-48-50-56(64)61-53(52-68-60-59(67)58(66)57(65)55(51-62)69-60)54(63)49-47-45-43-41-39-37-16-14-12-10-8-6-4-2/h5,7,11,13,17-18,20-21,53-55,57-60,62-63,65-67H,3-4,6,8-10,12,14-16,19,22-52H2,1-2H3,(H,61,64)/b7-5-,13-11-,18-17-,21-20-. The van der Waals surface area contributed by atoms with Crippen molar-refractivity contribution in [2.45, 2.75) is 314 Å². The number of aliphatic hydroxyl groups excluding tert-OH is 5. The van der Waals surface area contributed by atoms with Crippen LogP contribution in [0.15, 0.2) is 48.6 Å². The van der Waals surface area contributed by atoms with Crippen LogP contribution in [0.2, 0.25) is 0 Å². The van der Waals surface area contributed by atoms with Crippen LogP contribution >= 0.6 is 0 Å². The van der Waals surface area contributed by atoms with E-state index in [9.17, 15) is 30.3 Å². The number of allylic oxidation sites excluding steroid dienone is 8. The first-order valence-electron chi connectivity index (χ1n) is 29.3. The summed E-state index contributed by atoms with van der Waals surface area (Å²) in [5.74, 6) is -0.141. The zero-order valence-corrected chi connectivity index (χ0v) is 44.8. The molecule has 69 heavy (non-hydrogen) atoms. The monoisotopic (exact) mass is 974 g/mol. The highest BCUT2D eigenvalue weighted by Crippen LogP contribution is 2.23. The van der Waals surface area contributed by atoms with Crippen LogP contribution in [0.4, 0.5) is 0 Å². The average Bonchev–Trinajstić information content (AvgIpc) is 3.35. The normalized spacial score (nSPS) is 19.8. The Morgan fingerprint density at radius 2 is 0.899 bits per heavy atom. The van der Waals surface area contributed by atoms with Crippen molar-refractivity contribution in [2.75, 3.05) is 13.2 Å². The highest BCUT2D eigenvalue weighted by atomic mass is 16.7. The SMILES string of the molecule is CC/C=C\C/C=C\C/C=C\C/C=C\CCCCCCCCCCCCCCCCCCCCCCC(=O)NC(COC1OC(CO)C(O)C(O)C1O)C(O)CCCCCCCCCCCCCCC. The fourth-order valence-electron chi connectivity index (χ4n) is 9.33. The largest absolute Gasteiger partial charge is 0.394 e. The van der Waals surface area contributed by atoms with Crippen LogP contribution in [0, 0.1) is 0 Å². The Labute approximate surface area is 424 Å². The summed E-state index contributed by atoms with van der Waals surface area (Å²) in [6.07, 6.45) is 58.7. The molecular weight excluding hydrogens is 863 g/mol. The lowest BCUT2D eigenvalue weighted by Crippen LogP contribution is -2.60. The van der Waals surface area contributed by atoms with Gasteiger partial charge in [0.2, 0.25) is 5.91 Å². The second-order valence-electron chi connectivity index (χ2n) is 20.4. The molecule has 7 atom stereocenters. The molecule has 0 aromatic rings. The molecular formula is C60H111NO8. The van der Waals surface area contributed by atoms with E-state index in [4.69, 9.17) is 9.47 Å². The van der Waals surface area contributed by atoms with Crippen LogP contribution in [0.25, 0.3) is 0 Å². The third-order valence-corrected chi connectivity index (χ3v) is 13.9. The molecule has 0 aliphatic carbocycles. The first-order valence-corrected chi connectivity index (χ1v) is 29.3. The van der Waals surface area contributed by atoms with Crippen molar-refractivity contribution in [3.05, 3.63) is 48.6 Å². The van der Waals surface area contributed by atoms with Crippen molar-refractivity contribution >= 4 is 5.91 Å². The number of unbranched alkanes of at least 4 members (excludes halogenated alkanes) is 32. The highest BCUT2D eigenvalue weighted by Gasteiger charge is 2.44. The van der Waals surface area contributed by atoms with Gasteiger partial charge >= 0.3 is 0 Å². The third-order valence-electron chi connectivity index (χ3n) is 13.9. The Morgan fingerprint density at radius 3 is 1.33 bits per heavy atom. The van der Waals surface area contributed by atoms with Gasteiger partial charge in [-0.05, 0) is 51.4 Å². The highest BCUT2D eigenvalue weighted by molar-refractivity contribution is 5.76. The van der Waals surface area contributed by atoms with Gasteiger partial charge < -0.3 is 40.3 Å². The summed E-state index contributed by atoms with van der Waals surface area (Å²) in [6.45, 7) is 3.74. The molecule has 6 N–H and O–H groups in total. The molecule has 9 nitrogen and oxygen atoms in total. The second kappa shape index (κ2) is 49.7. The molecule has 0 saturated carbocycles. The van der Waals surface area contributed by atoms with Crippen molar-refractivity contribution in [2.24, 2.45) is 0 Å². The minimum absolute atomic E-state index is 0.135. The average molecular weight is 975 g/mol. The Balaban J connectivity index is 2.09. The van der Waals surface area contributed by atoms with Gasteiger partial charge in [-0.1, -0.05) is 262 Å². The van der Waals surface area contributed by atoms with Gasteiger partial charge in [-0.3, -0.25) is 4.79 Å². The summed E-state index contributed by atoms with van der Waals surface area (Å²) < 4.78 is 11.3. The fraction of sp³-hybridized carbons (Fsp3) is 0.850. The van der Waals surface area contributed by atoms with E-state index in [1.165, 1.54) is 180 Å². The van der Waals surface area contributed by atoms with E-state index >= 15 is 0 Å². The maximum Gasteiger partial charge on any atom is 0.220 e. The molecule has 404 valence electrons. The van der Waals surface area contributed by atoms with Gasteiger partial charge in [0.05, 0.1) is 25.4 Å². The molecule has 0 aromatic heterocycles. The maximum atomic E-state index is 13.1. The Hall–Kier alpha value is -1.85. The molecule has 0 bridgehead atoms. The van der Waals surface area contributed by atoms with E-state index in [1.807, 2.05) is 0 Å². The number of ether oxygens (including phenoxy) is 2. The van der Waals surface area contributed by atoms with Crippen molar-refractivity contribution < 1.29 is 39.8 Å². The minimum atomic E-state index is -1.55. The Morgan fingerprint density at radius 1 is 0.507 bits per heavy atom. The van der Waals surface area contributed by atoms with Crippen molar-refractivity contribution in [3.63, 3.8) is 0 Å². The number of hydrogen-bond donors (Lipinski definition) is 6. The molecule has 1 amide bonds. The smallest absolute Gasteiger partial charge is 0.220 e. The van der Waals surface area contributed by atoms with Gasteiger partial charge in [0, 0.05) is 6.42 Å². The van der Waals surface area contributed by atoms with Crippen LogP contribution < -0.4 is 5.32 Å². The lowest BCUT2D eigenvalue weighted by atomic mass is 9.99. The molecule has 7 unspecified atom stereocenters. The first-order chi connectivity index (χ1) is 33.8. The zero-order chi connectivity index (χ0) is 50.1. The fourth-order valence-corrected chi connectivity index (χ4v) is 9.33. The molecule has 9 heteroatoms. The zero-order valence-electron chi connectivity index (χ0n) is 44.8. The van der Waals surface area contributed by atoms with Crippen LogP contribution in [0.1, 0.15) is 271 Å². The van der Waals surface area contributed by atoms with Gasteiger partial charge in [-0.15, -0.1) is 0 Å². The van der Waals surface area contributed by atoms with Crippen LogP contribution in [0.3, 0.4) is 0 Å². The molecule has 1 aliphatic rings. The Bertz CT molecular complexity index is 1220. The topological polar surface area (TPSA) is 149 Å². The summed E-state index contributed by atoms with van der Waals surface area (Å²) >= 11 is 0. The molecule has 0 aromatic carbocycles. The number of nitrogens with one attached hydrogen (secondary N) is 1. The lowest BCUT2D eigenvalue weighted by Gasteiger charge is -2.40. The van der Waals surface area contributed by atoms with E-state index in [2.05, 4.69) is 67.8 Å². The molecule has 0 spiro atoms. The summed E-state index contributed by atoms with van der Waals surface area (Å²) in [6, 6.07) is -0.717. The van der Waals surface area contributed by atoms with E-state index < -0.39 is 49.5 Å². The molecule has 1 saturated heterocycles. The molecule has 0 radical (unpaired) electrons. The predicted molar refractivity (Wildman–Crippen MR) is 290 cm³/mol. The maximum absolute atomic E-state index is 13.1. The predicted octanol–water partition coefficient (Wildman–Crippen LogP) is 14.5.